The highest BCUT2D eigenvalue weighted by Crippen LogP contribution is 2.48. The quantitative estimate of drug-likeness (QED) is 0.00365. The molecule has 0 spiro atoms. The van der Waals surface area contributed by atoms with Crippen LogP contribution in [0.5, 0.6) is 0 Å². The molecule has 7 aromatic rings. The van der Waals surface area contributed by atoms with Crippen LogP contribution in [0.2, 0.25) is 15.1 Å². The van der Waals surface area contributed by atoms with Gasteiger partial charge in [-0.2, -0.15) is 4.31 Å². The number of nitrogens with two attached hydrogens (primary N) is 3. The van der Waals surface area contributed by atoms with Crippen molar-refractivity contribution >= 4 is 171 Å². The first kappa shape index (κ1) is 120. The molecule has 6 aliphatic heterocycles. The minimum Gasteiger partial charge on any atom is -0.772 e. The van der Waals surface area contributed by atoms with Gasteiger partial charge in [0, 0.05) is 234 Å². The molecule has 3 aliphatic carbocycles. The molecule has 3 atom stereocenters. The third-order valence-electron chi connectivity index (χ3n) is 25.3. The van der Waals surface area contributed by atoms with Crippen molar-refractivity contribution in [3.05, 3.63) is 263 Å². The summed E-state index contributed by atoms with van der Waals surface area (Å²) in [5.74, 6) is -2.44. The van der Waals surface area contributed by atoms with Crippen molar-refractivity contribution in [1.29, 1.82) is 21.6 Å². The molecule has 3 unspecified atom stereocenters. The van der Waals surface area contributed by atoms with Crippen molar-refractivity contribution < 1.29 is 90.2 Å². The van der Waals surface area contributed by atoms with Crippen molar-refractivity contribution in [2.45, 2.75) is 128 Å². The number of ether oxygens (including phenoxy) is 4. The second-order valence-electron chi connectivity index (χ2n) is 38.0. The number of nitrogens with zero attached hydrogens (tertiary/aromatic N) is 6. The molecular formula is C104H131Cl3F5N19O15S4-2. The molecule has 0 aromatic heterocycles. The number of carbonyl (C=O) groups is 4. The Kier molecular flexibility index (Phi) is 46.1. The van der Waals surface area contributed by atoms with E-state index in [9.17, 15) is 71.3 Å². The Morgan fingerprint density at radius 3 is 1.37 bits per heavy atom. The van der Waals surface area contributed by atoms with Crippen molar-refractivity contribution in [2.24, 2.45) is 16.2 Å². The second-order valence-corrected chi connectivity index (χ2v) is 45.2. The normalized spacial score (nSPS) is 19.9. The number of fused-ring (bicyclic) bond motifs is 13. The maximum Gasteiger partial charge on any atom is 0.293 e. The standard InChI is InChI=1S/C26H31ClFN5O4S.C25H34F2N4O3S.C19H25ClN4O2.C19H24F2N4O2.C8H11NO2S.C7H8ClNO2S/c1-26(7-8-26)17-37-24(25(34)31-21-4-2-3-19(27)14-21)23(15-29)32-9-11-33(12-10-32)38(35,36)16-18-13-20(30)5-6-22(18)28;1-35(33)15-9-7-5-3-2-4-6-8-14-34-24(23(19-28)30-10-12-31(35)13-11-30)25(32)29-22-17-20(26)16-21(27)18-22;1-19(5-6-19)13-26-17(16(12-21)24-9-7-22-8-10-24)18(25)23-15-4-2-3-14(20)11-15;1-19(2-3-19)12-27-17(16(11-22)25-6-4-23-5-7-25)18(26)24-15-9-13(20)8-14(21)10-15;1-6-4-7(5-12(10)11)2-3-8(6)9;8-6-3-5(4-12(10)11)1-2-7(6)9/h2-6,13-15,29H,7-12,16-17,30H2,1H3,(H,31,34);9,15-19,28H,1-8,10-14H2,(H,29,32);2-4,11-12,21-22H,5-10,13H2,1H3,(H,23,25);8-11,22-23H,2-7,12H2,1H3,(H,24,26);2-4H,5,9H2,1H3,(H,10,11);1-3H,4,9H2,(H,10,11)/p-2/b24-23-,29-15?;15-9+,24-23-,28-19?;17-16-,21-12?;17-16-,22-11?;;. The van der Waals surface area contributed by atoms with Crippen LogP contribution in [-0.4, -0.2) is 244 Å². The summed E-state index contributed by atoms with van der Waals surface area (Å²) in [7, 11) is -6.36. The Morgan fingerprint density at radius 1 is 0.527 bits per heavy atom. The molecule has 150 heavy (non-hydrogen) atoms. The van der Waals surface area contributed by atoms with E-state index < -0.39 is 94.5 Å². The summed E-state index contributed by atoms with van der Waals surface area (Å²) in [6.07, 6.45) is 19.4. The third kappa shape index (κ3) is 39.1. The van der Waals surface area contributed by atoms with Crippen LogP contribution in [0.25, 0.3) is 0 Å². The highest BCUT2D eigenvalue weighted by molar-refractivity contribution is 8.00. The van der Waals surface area contributed by atoms with E-state index in [1.807, 2.05) is 32.0 Å². The molecular weight excluding hydrogens is 2080 g/mol. The van der Waals surface area contributed by atoms with Gasteiger partial charge in [-0.05, 0) is 184 Å². The number of benzene rings is 7. The zero-order valence-electron chi connectivity index (χ0n) is 84.1. The smallest absolute Gasteiger partial charge is 0.293 e. The van der Waals surface area contributed by atoms with Gasteiger partial charge in [-0.3, -0.25) is 27.6 Å². The molecule has 16 N–H and O–H groups in total. The van der Waals surface area contributed by atoms with Crippen LogP contribution in [0.1, 0.15) is 126 Å². The van der Waals surface area contributed by atoms with Gasteiger partial charge in [0.05, 0.1) is 42.9 Å². The zero-order chi connectivity index (χ0) is 109. The predicted molar refractivity (Wildman–Crippen MR) is 581 cm³/mol. The number of hydrogen-bond donors (Lipinski definition) is 13. The number of carbonyl (C=O) groups excluding carboxylic acids is 4. The van der Waals surface area contributed by atoms with Crippen LogP contribution in [0.15, 0.2) is 197 Å². The SMILES string of the molecule is C=S1(=O)/C=C/CCCCCCCCO/C(C(=O)Nc2cc(F)cc(F)c2)=C(/C=N)N2CCN1CC2.CC1(CO/C(C(=O)Nc2cc(F)cc(F)c2)=C(/C=N)N2CCNCC2)CC1.CC1(CO/C(C(=O)Nc2cccc(Cl)c2)=C(/C=N)N2CCN(S(=O)(=O)Cc3cc(N)ccc3F)CC2)CC1.CC1(CO/C(C(=O)Nc2cccc(Cl)c2)=C(/C=N)N2CCNCC2)CC1.Cc1cc(CS(=O)[O-])ccc1N.Nc1ccc(CS(=O)[O-])cc1Cl. The fourth-order valence-corrected chi connectivity index (χ4v) is 20.1. The van der Waals surface area contributed by atoms with E-state index in [1.165, 1.54) is 22.7 Å². The van der Waals surface area contributed by atoms with Gasteiger partial charge in [0.1, 0.15) is 51.9 Å². The summed E-state index contributed by atoms with van der Waals surface area (Å²) in [5.41, 5.74) is 23.1. The molecule has 34 nitrogen and oxygen atoms in total. The monoisotopic (exact) mass is 2210 g/mol. The van der Waals surface area contributed by atoms with Gasteiger partial charge in [-0.1, -0.05) is 140 Å². The molecule has 7 aromatic carbocycles. The van der Waals surface area contributed by atoms with E-state index >= 15 is 0 Å². The summed E-state index contributed by atoms with van der Waals surface area (Å²) < 4.78 is 175. The van der Waals surface area contributed by atoms with Gasteiger partial charge in [0.15, 0.2) is 0 Å². The van der Waals surface area contributed by atoms with Crippen LogP contribution >= 0.6 is 34.8 Å². The first-order valence-corrected chi connectivity index (χ1v) is 55.8. The van der Waals surface area contributed by atoms with Crippen molar-refractivity contribution in [1.82, 2.24) is 38.8 Å². The van der Waals surface area contributed by atoms with Crippen LogP contribution in [0.4, 0.5) is 61.8 Å². The maximum absolute atomic E-state index is 14.1. The summed E-state index contributed by atoms with van der Waals surface area (Å²) in [6, 6.07) is 33.1. The zero-order valence-corrected chi connectivity index (χ0v) is 89.6. The van der Waals surface area contributed by atoms with Crippen LogP contribution in [0.3, 0.4) is 0 Å². The molecule has 2 bridgehead atoms. The van der Waals surface area contributed by atoms with Crippen molar-refractivity contribution in [3.63, 3.8) is 0 Å². The molecule has 46 heteroatoms. The number of anilines is 7. The van der Waals surface area contributed by atoms with Crippen molar-refractivity contribution in [3.8, 4) is 0 Å². The molecule has 9 aliphatic rings. The second kappa shape index (κ2) is 57.6. The lowest BCUT2D eigenvalue weighted by molar-refractivity contribution is -0.117. The number of allylic oxidation sites excluding steroid dienone is 5. The minimum absolute atomic E-state index is 0.000810. The van der Waals surface area contributed by atoms with Crippen molar-refractivity contribution in [2.75, 3.05) is 170 Å². The summed E-state index contributed by atoms with van der Waals surface area (Å²) in [6.45, 7) is 17.8. The lowest BCUT2D eigenvalue weighted by Crippen LogP contribution is -2.49. The first-order chi connectivity index (χ1) is 71.4. The van der Waals surface area contributed by atoms with Gasteiger partial charge < -0.3 is 118 Å². The summed E-state index contributed by atoms with van der Waals surface area (Å²) >= 11 is 13.6. The molecule has 4 saturated heterocycles. The number of sulfonamides is 1. The van der Waals surface area contributed by atoms with Crippen LogP contribution < -0.4 is 49.1 Å². The molecule has 16 rings (SSSR count). The van der Waals surface area contributed by atoms with Gasteiger partial charge in [-0.15, -0.1) is 0 Å². The fraction of sp³-hybridized carbons (Fsp3) is 0.413. The number of rotatable bonds is 31. The lowest BCUT2D eigenvalue weighted by Gasteiger charge is -2.37. The van der Waals surface area contributed by atoms with Crippen LogP contribution in [0, 0.1) is 73.9 Å². The molecule has 814 valence electrons. The number of piperazine rings is 4. The average molecular weight is 2220 g/mol. The summed E-state index contributed by atoms with van der Waals surface area (Å²) in [4.78, 5) is 59.6. The Hall–Kier alpha value is -11.9. The first-order valence-electron chi connectivity index (χ1n) is 48.8. The van der Waals surface area contributed by atoms with E-state index in [0.717, 1.165) is 195 Å². The van der Waals surface area contributed by atoms with E-state index in [-0.39, 0.29) is 124 Å². The fourth-order valence-electron chi connectivity index (χ4n) is 15.7. The molecule has 0 radical (unpaired) electrons. The minimum atomic E-state index is -3.82. The Morgan fingerprint density at radius 2 is 0.947 bits per heavy atom. The van der Waals surface area contributed by atoms with E-state index in [2.05, 4.69) is 58.5 Å². The number of halogens is 8. The Labute approximate surface area is 893 Å². The predicted octanol–water partition coefficient (Wildman–Crippen LogP) is 15.7. The highest BCUT2D eigenvalue weighted by Gasteiger charge is 2.43. The third-order valence-corrected chi connectivity index (χ3v) is 30.9. The molecule has 6 heterocycles. The summed E-state index contributed by atoms with van der Waals surface area (Å²) in [5, 5.41) is 51.9. The Balaban J connectivity index is 0.000000191. The number of hydrogen-bond acceptors (Lipinski definition) is 28. The maximum atomic E-state index is 14.1. The average Bonchev–Trinajstić information content (AvgIpc) is 1.27. The lowest BCUT2D eigenvalue weighted by atomic mass is 10.1. The van der Waals surface area contributed by atoms with Gasteiger partial charge in [0.25, 0.3) is 23.6 Å². The van der Waals surface area contributed by atoms with Gasteiger partial charge in [0.2, 0.25) is 33.1 Å². The highest BCUT2D eigenvalue weighted by atomic mass is 35.5. The number of nitrogen functional groups attached to an aromatic ring is 3. The Bertz CT molecular complexity index is 6270. The molecule has 4 amide bonds. The molecule has 3 saturated carbocycles. The van der Waals surface area contributed by atoms with E-state index in [4.69, 9.17) is 92.6 Å². The molecule has 7 fully saturated rings. The largest absolute Gasteiger partial charge is 0.772 e. The van der Waals surface area contributed by atoms with Crippen LogP contribution in [-0.2, 0) is 97.3 Å². The van der Waals surface area contributed by atoms with E-state index in [1.54, 1.807) is 95.2 Å². The topological polar surface area (TPSA) is 502 Å². The van der Waals surface area contributed by atoms with Gasteiger partial charge in [-0.25, -0.2) is 38.9 Å². The van der Waals surface area contributed by atoms with E-state index in [0.29, 0.717) is 114 Å². The number of aryl methyl sites for hydroxylation is 1. The number of amides is 4. The van der Waals surface area contributed by atoms with Gasteiger partial charge >= 0.3 is 0 Å². The number of nitrogens with one attached hydrogen (secondary N) is 10.